The highest BCUT2D eigenvalue weighted by atomic mass is 19.1. The highest BCUT2D eigenvalue weighted by Crippen LogP contribution is 2.15. The molecule has 106 valence electrons. The van der Waals surface area contributed by atoms with Crippen molar-refractivity contribution in [3.8, 4) is 5.75 Å². The standard InChI is InChI=1S/C14H21FN2O2/c1-10(2)17-14(3,13(16)18)8-9-19-12-6-4-11(15)5-7-12/h4-7,10,17H,8-9H2,1-3H3,(H2,16,18). The Morgan fingerprint density at radius 1 is 1.42 bits per heavy atom. The van der Waals surface area contributed by atoms with Gasteiger partial charge >= 0.3 is 0 Å². The van der Waals surface area contributed by atoms with E-state index in [0.717, 1.165) is 0 Å². The lowest BCUT2D eigenvalue weighted by atomic mass is 9.96. The molecule has 0 heterocycles. The van der Waals surface area contributed by atoms with Gasteiger partial charge in [0.15, 0.2) is 0 Å². The van der Waals surface area contributed by atoms with E-state index in [2.05, 4.69) is 5.32 Å². The highest BCUT2D eigenvalue weighted by molar-refractivity contribution is 5.84. The highest BCUT2D eigenvalue weighted by Gasteiger charge is 2.31. The first-order valence-electron chi connectivity index (χ1n) is 6.29. The van der Waals surface area contributed by atoms with Crippen LogP contribution in [0.25, 0.3) is 0 Å². The lowest BCUT2D eigenvalue weighted by Crippen LogP contribution is -2.56. The van der Waals surface area contributed by atoms with Crippen molar-refractivity contribution in [3.63, 3.8) is 0 Å². The van der Waals surface area contributed by atoms with Crippen LogP contribution in [0, 0.1) is 5.82 Å². The molecule has 0 aliphatic rings. The molecule has 0 saturated heterocycles. The third-order valence-electron chi connectivity index (χ3n) is 2.84. The molecule has 0 bridgehead atoms. The zero-order chi connectivity index (χ0) is 14.5. The van der Waals surface area contributed by atoms with Crippen LogP contribution in [0.1, 0.15) is 27.2 Å². The summed E-state index contributed by atoms with van der Waals surface area (Å²) in [6.07, 6.45) is 0.442. The predicted molar refractivity (Wildman–Crippen MR) is 72.4 cm³/mol. The van der Waals surface area contributed by atoms with E-state index in [1.807, 2.05) is 13.8 Å². The third-order valence-corrected chi connectivity index (χ3v) is 2.84. The maximum Gasteiger partial charge on any atom is 0.237 e. The third kappa shape index (κ3) is 4.87. The van der Waals surface area contributed by atoms with Gasteiger partial charge in [0.05, 0.1) is 12.1 Å². The molecular weight excluding hydrogens is 247 g/mol. The average Bonchev–Trinajstić information content (AvgIpc) is 2.30. The minimum atomic E-state index is -0.811. The minimum absolute atomic E-state index is 0.142. The smallest absolute Gasteiger partial charge is 0.237 e. The van der Waals surface area contributed by atoms with Crippen LogP contribution in [0.3, 0.4) is 0 Å². The summed E-state index contributed by atoms with van der Waals surface area (Å²) < 4.78 is 18.2. The first-order valence-corrected chi connectivity index (χ1v) is 6.29. The zero-order valence-corrected chi connectivity index (χ0v) is 11.6. The Kier molecular flexibility index (Phi) is 5.30. The van der Waals surface area contributed by atoms with Crippen molar-refractivity contribution in [2.75, 3.05) is 6.61 Å². The number of carbonyl (C=O) groups is 1. The summed E-state index contributed by atoms with van der Waals surface area (Å²) >= 11 is 0. The summed E-state index contributed by atoms with van der Waals surface area (Å²) in [5.41, 5.74) is 4.60. The Morgan fingerprint density at radius 2 is 2.00 bits per heavy atom. The van der Waals surface area contributed by atoms with Gasteiger partial charge in [-0.15, -0.1) is 0 Å². The molecule has 19 heavy (non-hydrogen) atoms. The molecule has 5 heteroatoms. The summed E-state index contributed by atoms with van der Waals surface area (Å²) in [5.74, 6) is -0.155. The van der Waals surface area contributed by atoms with Gasteiger partial charge in [0.2, 0.25) is 5.91 Å². The van der Waals surface area contributed by atoms with Gasteiger partial charge in [-0.25, -0.2) is 4.39 Å². The topological polar surface area (TPSA) is 64.3 Å². The van der Waals surface area contributed by atoms with E-state index in [-0.39, 0.29) is 11.9 Å². The van der Waals surface area contributed by atoms with Crippen LogP contribution in [-0.4, -0.2) is 24.1 Å². The van der Waals surface area contributed by atoms with Crippen molar-refractivity contribution >= 4 is 5.91 Å². The van der Waals surface area contributed by atoms with E-state index in [1.54, 1.807) is 19.1 Å². The number of carbonyl (C=O) groups excluding carboxylic acids is 1. The van der Waals surface area contributed by atoms with Crippen LogP contribution in [0.5, 0.6) is 5.75 Å². The first kappa shape index (κ1) is 15.4. The summed E-state index contributed by atoms with van der Waals surface area (Å²) in [7, 11) is 0. The van der Waals surface area contributed by atoms with Gasteiger partial charge in [-0.2, -0.15) is 0 Å². The van der Waals surface area contributed by atoms with Crippen molar-refractivity contribution in [1.29, 1.82) is 0 Å². The van der Waals surface area contributed by atoms with Gasteiger partial charge < -0.3 is 15.8 Å². The summed E-state index contributed by atoms with van der Waals surface area (Å²) in [6, 6.07) is 5.90. The van der Waals surface area contributed by atoms with Crippen LogP contribution in [0.2, 0.25) is 0 Å². The number of ether oxygens (including phenoxy) is 1. The van der Waals surface area contributed by atoms with Gasteiger partial charge in [-0.3, -0.25) is 4.79 Å². The Bertz CT molecular complexity index is 420. The summed E-state index contributed by atoms with van der Waals surface area (Å²) in [4.78, 5) is 11.5. The van der Waals surface area contributed by atoms with Crippen molar-refractivity contribution in [3.05, 3.63) is 30.1 Å². The number of hydrogen-bond acceptors (Lipinski definition) is 3. The van der Waals surface area contributed by atoms with E-state index in [9.17, 15) is 9.18 Å². The number of nitrogens with one attached hydrogen (secondary N) is 1. The van der Waals surface area contributed by atoms with Crippen molar-refractivity contribution in [1.82, 2.24) is 5.32 Å². The molecule has 1 amide bonds. The fourth-order valence-corrected chi connectivity index (χ4v) is 1.81. The Morgan fingerprint density at radius 3 is 2.47 bits per heavy atom. The molecule has 0 radical (unpaired) electrons. The zero-order valence-electron chi connectivity index (χ0n) is 11.6. The fraction of sp³-hybridized carbons (Fsp3) is 0.500. The molecule has 0 aliphatic heterocycles. The van der Waals surface area contributed by atoms with Crippen LogP contribution < -0.4 is 15.8 Å². The second-order valence-corrected chi connectivity index (χ2v) is 5.05. The molecule has 1 rings (SSSR count). The number of benzene rings is 1. The summed E-state index contributed by atoms with van der Waals surface area (Å²) in [5, 5.41) is 3.14. The van der Waals surface area contributed by atoms with Crippen LogP contribution in [0.4, 0.5) is 4.39 Å². The van der Waals surface area contributed by atoms with E-state index in [0.29, 0.717) is 18.8 Å². The number of amides is 1. The first-order chi connectivity index (χ1) is 8.83. The minimum Gasteiger partial charge on any atom is -0.494 e. The fourth-order valence-electron chi connectivity index (χ4n) is 1.81. The number of nitrogens with two attached hydrogens (primary N) is 1. The maximum atomic E-state index is 12.7. The molecule has 1 aromatic carbocycles. The number of primary amides is 1. The monoisotopic (exact) mass is 268 g/mol. The molecule has 0 saturated carbocycles. The molecule has 1 aromatic rings. The van der Waals surface area contributed by atoms with Crippen molar-refractivity contribution in [2.24, 2.45) is 5.73 Å². The van der Waals surface area contributed by atoms with Gasteiger partial charge in [0.25, 0.3) is 0 Å². The second kappa shape index (κ2) is 6.52. The average molecular weight is 268 g/mol. The number of rotatable bonds is 7. The molecule has 1 atom stereocenters. The van der Waals surface area contributed by atoms with Gasteiger partial charge in [0, 0.05) is 12.5 Å². The molecule has 0 aliphatic carbocycles. The molecule has 0 aromatic heterocycles. The van der Waals surface area contributed by atoms with Crippen molar-refractivity contribution in [2.45, 2.75) is 38.8 Å². The molecular formula is C14H21FN2O2. The largest absolute Gasteiger partial charge is 0.494 e. The van der Waals surface area contributed by atoms with E-state index >= 15 is 0 Å². The Labute approximate surface area is 113 Å². The SMILES string of the molecule is CC(C)NC(C)(CCOc1ccc(F)cc1)C(N)=O. The van der Waals surface area contributed by atoms with Crippen LogP contribution in [0.15, 0.2) is 24.3 Å². The maximum absolute atomic E-state index is 12.7. The normalized spacial score (nSPS) is 14.2. The predicted octanol–water partition coefficient (Wildman–Crippen LogP) is 1.84. The van der Waals surface area contributed by atoms with E-state index in [1.165, 1.54) is 12.1 Å². The second-order valence-electron chi connectivity index (χ2n) is 5.05. The molecule has 4 nitrogen and oxygen atoms in total. The van der Waals surface area contributed by atoms with Crippen molar-refractivity contribution < 1.29 is 13.9 Å². The Balaban J connectivity index is 2.53. The molecule has 3 N–H and O–H groups in total. The van der Waals surface area contributed by atoms with E-state index < -0.39 is 11.4 Å². The Hall–Kier alpha value is -1.62. The van der Waals surface area contributed by atoms with E-state index in [4.69, 9.17) is 10.5 Å². The van der Waals surface area contributed by atoms with Crippen LogP contribution >= 0.6 is 0 Å². The molecule has 1 unspecified atom stereocenters. The van der Waals surface area contributed by atoms with Gasteiger partial charge in [-0.1, -0.05) is 0 Å². The summed E-state index contributed by atoms with van der Waals surface area (Å²) in [6.45, 7) is 5.97. The number of hydrogen-bond donors (Lipinski definition) is 2. The number of halogens is 1. The lowest BCUT2D eigenvalue weighted by Gasteiger charge is -2.29. The van der Waals surface area contributed by atoms with Gasteiger partial charge in [0.1, 0.15) is 11.6 Å². The molecule has 0 spiro atoms. The van der Waals surface area contributed by atoms with Crippen LogP contribution in [-0.2, 0) is 4.79 Å². The molecule has 0 fully saturated rings. The quantitative estimate of drug-likeness (QED) is 0.793. The van der Waals surface area contributed by atoms with Gasteiger partial charge in [-0.05, 0) is 45.0 Å². The lowest BCUT2D eigenvalue weighted by molar-refractivity contribution is -0.124.